The number of rotatable bonds is 6. The lowest BCUT2D eigenvalue weighted by molar-refractivity contribution is -0.255. The number of nitrogens with one attached hydrogen (secondary N) is 1. The number of nitrogens with zero attached hydrogens (tertiary/aromatic N) is 2. The SMILES string of the molecule is CC(C)c1cccc(C(C)C)c1NC(=O)Cn1nc(C(=O)[O-])c2ccccc2c1=O. The van der Waals surface area contributed by atoms with Crippen LogP contribution in [0.4, 0.5) is 5.69 Å². The number of fused-ring (bicyclic) bond motifs is 1. The maximum atomic E-state index is 12.8. The van der Waals surface area contributed by atoms with Gasteiger partial charge in [0.15, 0.2) is 0 Å². The molecule has 2 aromatic carbocycles. The van der Waals surface area contributed by atoms with Gasteiger partial charge in [-0.3, -0.25) is 9.59 Å². The molecule has 0 saturated heterocycles. The Bertz CT molecular complexity index is 1150. The van der Waals surface area contributed by atoms with Crippen LogP contribution < -0.4 is 16.0 Å². The molecule has 1 aromatic heterocycles. The summed E-state index contributed by atoms with van der Waals surface area (Å²) in [4.78, 5) is 37.1. The third-order valence-corrected chi connectivity index (χ3v) is 4.99. The van der Waals surface area contributed by atoms with Crippen LogP contribution in [-0.2, 0) is 11.3 Å². The first-order chi connectivity index (χ1) is 14.2. The molecule has 30 heavy (non-hydrogen) atoms. The maximum absolute atomic E-state index is 12.8. The third kappa shape index (κ3) is 4.10. The quantitative estimate of drug-likeness (QED) is 0.678. The Morgan fingerprint density at radius 1 is 0.967 bits per heavy atom. The van der Waals surface area contributed by atoms with Crippen LogP contribution in [-0.4, -0.2) is 21.7 Å². The molecule has 156 valence electrons. The van der Waals surface area contributed by atoms with Gasteiger partial charge in [-0.25, -0.2) is 4.68 Å². The van der Waals surface area contributed by atoms with E-state index in [1.165, 1.54) is 12.1 Å². The number of hydrogen-bond donors (Lipinski definition) is 1. The predicted octanol–water partition coefficient (Wildman–Crippen LogP) is 2.65. The molecule has 1 amide bonds. The van der Waals surface area contributed by atoms with Crippen LogP contribution in [0.5, 0.6) is 0 Å². The average Bonchev–Trinajstić information content (AvgIpc) is 2.69. The summed E-state index contributed by atoms with van der Waals surface area (Å²) in [5, 5.41) is 18.7. The molecule has 0 saturated carbocycles. The lowest BCUT2D eigenvalue weighted by atomic mass is 9.92. The zero-order valence-electron chi connectivity index (χ0n) is 17.4. The number of amides is 1. The summed E-state index contributed by atoms with van der Waals surface area (Å²) >= 11 is 0. The molecular formula is C23H24N3O4-. The van der Waals surface area contributed by atoms with Crippen LogP contribution in [0.2, 0.25) is 0 Å². The van der Waals surface area contributed by atoms with E-state index in [0.717, 1.165) is 21.5 Å². The van der Waals surface area contributed by atoms with Crippen molar-refractivity contribution in [3.63, 3.8) is 0 Å². The standard InChI is InChI=1S/C23H25N3O4/c1-13(2)15-10-7-11-16(14(3)4)20(15)24-19(27)12-26-22(28)18-9-6-5-8-17(18)21(25-26)23(29)30/h5-11,13-14H,12H2,1-4H3,(H,24,27)(H,29,30)/p-1. The van der Waals surface area contributed by atoms with Gasteiger partial charge in [-0.15, -0.1) is 0 Å². The second kappa shape index (κ2) is 8.49. The molecule has 0 fully saturated rings. The fraction of sp³-hybridized carbons (Fsp3) is 0.304. The number of aromatic nitrogens is 2. The molecule has 0 aliphatic carbocycles. The first-order valence-corrected chi connectivity index (χ1v) is 9.84. The van der Waals surface area contributed by atoms with Gasteiger partial charge in [-0.2, -0.15) is 5.10 Å². The van der Waals surface area contributed by atoms with Crippen molar-refractivity contribution in [2.24, 2.45) is 0 Å². The molecule has 0 aliphatic heterocycles. The number of hydrogen-bond acceptors (Lipinski definition) is 5. The Labute approximate surface area is 174 Å². The minimum atomic E-state index is -1.51. The first-order valence-electron chi connectivity index (χ1n) is 9.84. The van der Waals surface area contributed by atoms with E-state index in [-0.39, 0.29) is 28.3 Å². The van der Waals surface area contributed by atoms with E-state index in [9.17, 15) is 19.5 Å². The number of aromatic carboxylic acids is 1. The zero-order chi connectivity index (χ0) is 22.0. The molecule has 1 N–H and O–H groups in total. The van der Waals surface area contributed by atoms with Crippen molar-refractivity contribution in [1.29, 1.82) is 0 Å². The number of anilines is 1. The number of carbonyl (C=O) groups excluding carboxylic acids is 2. The van der Waals surface area contributed by atoms with Crippen molar-refractivity contribution in [3.8, 4) is 0 Å². The fourth-order valence-electron chi connectivity index (χ4n) is 3.50. The van der Waals surface area contributed by atoms with Crippen molar-refractivity contribution in [3.05, 3.63) is 69.6 Å². The molecule has 3 aromatic rings. The van der Waals surface area contributed by atoms with Gasteiger partial charge in [0.2, 0.25) is 5.91 Å². The number of para-hydroxylation sites is 1. The van der Waals surface area contributed by atoms with Gasteiger partial charge in [0.05, 0.1) is 11.4 Å². The number of carboxylic acids is 1. The van der Waals surface area contributed by atoms with Crippen molar-refractivity contribution >= 4 is 28.3 Å². The Morgan fingerprint density at radius 3 is 2.07 bits per heavy atom. The van der Waals surface area contributed by atoms with E-state index in [0.29, 0.717) is 0 Å². The molecule has 0 radical (unpaired) electrons. The molecule has 7 nitrogen and oxygen atoms in total. The van der Waals surface area contributed by atoms with Crippen molar-refractivity contribution < 1.29 is 14.7 Å². The molecule has 7 heteroatoms. The van der Waals surface area contributed by atoms with E-state index in [1.54, 1.807) is 12.1 Å². The summed E-state index contributed by atoms with van der Waals surface area (Å²) in [5.41, 5.74) is 1.80. The largest absolute Gasteiger partial charge is 0.543 e. The van der Waals surface area contributed by atoms with Gasteiger partial charge in [0.25, 0.3) is 5.56 Å². The van der Waals surface area contributed by atoms with Gasteiger partial charge in [0, 0.05) is 11.1 Å². The summed E-state index contributed by atoms with van der Waals surface area (Å²) in [6.07, 6.45) is 0. The van der Waals surface area contributed by atoms with Gasteiger partial charge < -0.3 is 15.2 Å². The Morgan fingerprint density at radius 2 is 1.53 bits per heavy atom. The molecule has 1 heterocycles. The highest BCUT2D eigenvalue weighted by Gasteiger charge is 2.18. The fourth-order valence-corrected chi connectivity index (χ4v) is 3.50. The van der Waals surface area contributed by atoms with E-state index < -0.39 is 24.0 Å². The molecule has 0 bridgehead atoms. The second-order valence-electron chi connectivity index (χ2n) is 7.81. The lowest BCUT2D eigenvalue weighted by Gasteiger charge is -2.20. The summed E-state index contributed by atoms with van der Waals surface area (Å²) in [6.45, 7) is 7.74. The first kappa shape index (κ1) is 21.2. The van der Waals surface area contributed by atoms with Gasteiger partial charge in [0.1, 0.15) is 12.2 Å². The average molecular weight is 406 g/mol. The summed E-state index contributed by atoms with van der Waals surface area (Å²) in [7, 11) is 0. The molecule has 0 aliphatic rings. The predicted molar refractivity (Wildman–Crippen MR) is 114 cm³/mol. The number of carbonyl (C=O) groups is 2. The Balaban J connectivity index is 2.01. The topological polar surface area (TPSA) is 104 Å². The minimum absolute atomic E-state index is 0.171. The third-order valence-electron chi connectivity index (χ3n) is 4.99. The van der Waals surface area contributed by atoms with Crippen LogP contribution >= 0.6 is 0 Å². The highest BCUT2D eigenvalue weighted by Crippen LogP contribution is 2.32. The van der Waals surface area contributed by atoms with Gasteiger partial charge in [-0.1, -0.05) is 64.1 Å². The van der Waals surface area contributed by atoms with Crippen molar-refractivity contribution in [2.45, 2.75) is 46.1 Å². The molecule has 0 unspecified atom stereocenters. The van der Waals surface area contributed by atoms with Gasteiger partial charge >= 0.3 is 0 Å². The van der Waals surface area contributed by atoms with Crippen LogP contribution in [0.25, 0.3) is 10.8 Å². The maximum Gasteiger partial charge on any atom is 0.275 e. The molecule has 3 rings (SSSR count). The van der Waals surface area contributed by atoms with Crippen molar-refractivity contribution in [1.82, 2.24) is 9.78 Å². The molecule has 0 spiro atoms. The van der Waals surface area contributed by atoms with Crippen LogP contribution in [0.3, 0.4) is 0 Å². The summed E-state index contributed by atoms with van der Waals surface area (Å²) in [5.74, 6) is -1.60. The minimum Gasteiger partial charge on any atom is -0.543 e. The second-order valence-corrected chi connectivity index (χ2v) is 7.81. The van der Waals surface area contributed by atoms with Crippen molar-refractivity contribution in [2.75, 3.05) is 5.32 Å². The molecular weight excluding hydrogens is 382 g/mol. The highest BCUT2D eigenvalue weighted by atomic mass is 16.4. The monoisotopic (exact) mass is 406 g/mol. The van der Waals surface area contributed by atoms with Crippen LogP contribution in [0, 0.1) is 0 Å². The Hall–Kier alpha value is -3.48. The number of carboxylic acid groups (broad SMARTS) is 1. The van der Waals surface area contributed by atoms with Crippen LogP contribution in [0.15, 0.2) is 47.3 Å². The normalized spacial score (nSPS) is 11.3. The zero-order valence-corrected chi connectivity index (χ0v) is 17.4. The Kier molecular flexibility index (Phi) is 6.01. The van der Waals surface area contributed by atoms with E-state index in [4.69, 9.17) is 0 Å². The highest BCUT2D eigenvalue weighted by molar-refractivity contribution is 6.00. The van der Waals surface area contributed by atoms with E-state index in [2.05, 4.69) is 10.4 Å². The van der Waals surface area contributed by atoms with Gasteiger partial charge in [-0.05, 0) is 29.0 Å². The van der Waals surface area contributed by atoms with Crippen LogP contribution in [0.1, 0.15) is 61.1 Å². The number of benzene rings is 2. The van der Waals surface area contributed by atoms with E-state index in [1.807, 2.05) is 45.9 Å². The lowest BCUT2D eigenvalue weighted by Crippen LogP contribution is -2.34. The molecule has 0 atom stereocenters. The van der Waals surface area contributed by atoms with E-state index >= 15 is 0 Å². The summed E-state index contributed by atoms with van der Waals surface area (Å²) < 4.78 is 0.871. The summed E-state index contributed by atoms with van der Waals surface area (Å²) in [6, 6.07) is 12.1. The smallest absolute Gasteiger partial charge is 0.275 e.